The molecule has 0 heterocycles. The van der Waals surface area contributed by atoms with Crippen LogP contribution in [-0.4, -0.2) is 37.2 Å². The van der Waals surface area contributed by atoms with Crippen LogP contribution in [-0.2, 0) is 28.6 Å². The lowest BCUT2D eigenvalue weighted by molar-refractivity contribution is -0.167. The summed E-state index contributed by atoms with van der Waals surface area (Å²) >= 11 is 0. The number of unbranched alkanes of at least 4 members (excludes halogenated alkanes) is 22. The van der Waals surface area contributed by atoms with Gasteiger partial charge in [-0.25, -0.2) is 0 Å². The highest BCUT2D eigenvalue weighted by Gasteiger charge is 2.19. The fourth-order valence-corrected chi connectivity index (χ4v) is 7.42. The molecule has 0 aliphatic carbocycles. The van der Waals surface area contributed by atoms with Gasteiger partial charge in [0.2, 0.25) is 0 Å². The molecular weight excluding hydrogens is 829 g/mol. The molecule has 1 atom stereocenters. The highest BCUT2D eigenvalue weighted by atomic mass is 16.6. The van der Waals surface area contributed by atoms with Gasteiger partial charge < -0.3 is 14.2 Å². The van der Waals surface area contributed by atoms with Gasteiger partial charge in [0.1, 0.15) is 13.2 Å². The number of carbonyl (C=O) groups is 3. The average Bonchev–Trinajstić information content (AvgIpc) is 3.33. The van der Waals surface area contributed by atoms with Crippen molar-refractivity contribution in [2.45, 2.75) is 258 Å². The Morgan fingerprint density at radius 3 is 0.925 bits per heavy atom. The summed E-state index contributed by atoms with van der Waals surface area (Å²) in [6.07, 6.45) is 72.6. The number of ether oxygens (including phenoxy) is 3. The summed E-state index contributed by atoms with van der Waals surface area (Å²) in [6, 6.07) is 0. The van der Waals surface area contributed by atoms with E-state index in [0.717, 1.165) is 122 Å². The van der Waals surface area contributed by atoms with Crippen molar-refractivity contribution < 1.29 is 28.6 Å². The molecule has 0 spiro atoms. The predicted octanol–water partition coefficient (Wildman–Crippen LogP) is 18.5. The fraction of sp³-hybridized carbons (Fsp3) is 0.689. The van der Waals surface area contributed by atoms with E-state index in [1.54, 1.807) is 0 Å². The first-order valence-electron chi connectivity index (χ1n) is 27.7. The van der Waals surface area contributed by atoms with Crippen LogP contribution in [0.5, 0.6) is 0 Å². The summed E-state index contributed by atoms with van der Waals surface area (Å²) in [5.41, 5.74) is 0. The van der Waals surface area contributed by atoms with Gasteiger partial charge >= 0.3 is 17.9 Å². The summed E-state index contributed by atoms with van der Waals surface area (Å²) in [5, 5.41) is 0. The van der Waals surface area contributed by atoms with Crippen molar-refractivity contribution in [2.24, 2.45) is 0 Å². The van der Waals surface area contributed by atoms with Crippen molar-refractivity contribution in [2.75, 3.05) is 13.2 Å². The number of rotatable bonds is 49. The molecule has 0 radical (unpaired) electrons. The Balaban J connectivity index is 4.34. The third kappa shape index (κ3) is 53.2. The molecular formula is C61H102O6. The lowest BCUT2D eigenvalue weighted by Crippen LogP contribution is -2.30. The second-order valence-electron chi connectivity index (χ2n) is 18.1. The molecule has 0 aromatic rings. The second kappa shape index (κ2) is 54.9. The van der Waals surface area contributed by atoms with E-state index in [1.807, 2.05) is 0 Å². The number of esters is 3. The zero-order chi connectivity index (χ0) is 48.6. The van der Waals surface area contributed by atoms with Crippen LogP contribution in [0.4, 0.5) is 0 Å². The fourth-order valence-electron chi connectivity index (χ4n) is 7.42. The Morgan fingerprint density at radius 1 is 0.313 bits per heavy atom. The maximum atomic E-state index is 12.8. The number of carbonyl (C=O) groups excluding carboxylic acids is 3. The van der Waals surface area contributed by atoms with Gasteiger partial charge in [-0.3, -0.25) is 14.4 Å². The van der Waals surface area contributed by atoms with Crippen LogP contribution >= 0.6 is 0 Å². The van der Waals surface area contributed by atoms with Crippen LogP contribution in [0.1, 0.15) is 252 Å². The first-order valence-corrected chi connectivity index (χ1v) is 27.7. The molecule has 0 aromatic carbocycles. The normalized spacial score (nSPS) is 12.8. The molecule has 6 nitrogen and oxygen atoms in total. The smallest absolute Gasteiger partial charge is 0.306 e. The summed E-state index contributed by atoms with van der Waals surface area (Å²) in [5.74, 6) is -0.927. The minimum atomic E-state index is -0.791. The second-order valence-corrected chi connectivity index (χ2v) is 18.1. The molecule has 0 saturated heterocycles. The summed E-state index contributed by atoms with van der Waals surface area (Å²) in [6.45, 7) is 6.45. The Morgan fingerprint density at radius 2 is 0.582 bits per heavy atom. The van der Waals surface area contributed by atoms with Crippen LogP contribution in [0.25, 0.3) is 0 Å². The quantitative estimate of drug-likeness (QED) is 0.0262. The zero-order valence-corrected chi connectivity index (χ0v) is 43.6. The van der Waals surface area contributed by atoms with Gasteiger partial charge in [-0.1, -0.05) is 227 Å². The van der Waals surface area contributed by atoms with E-state index in [2.05, 4.69) is 118 Å². The SMILES string of the molecule is CC/C=C\C/C=C\C/C=C\C/C=C\C/C=C\C/C=C\CCCCCCC(=O)OCC(COC(=O)CCCCCCCCCC)OC(=O)CCCCCCCCC/C=C\C/C=C\CCCCCC. The molecule has 0 saturated carbocycles. The van der Waals surface area contributed by atoms with Crippen molar-refractivity contribution in [3.05, 3.63) is 97.2 Å². The predicted molar refractivity (Wildman–Crippen MR) is 288 cm³/mol. The van der Waals surface area contributed by atoms with Crippen molar-refractivity contribution in [1.29, 1.82) is 0 Å². The molecule has 0 bridgehead atoms. The minimum Gasteiger partial charge on any atom is -0.462 e. The van der Waals surface area contributed by atoms with E-state index in [1.165, 1.54) is 89.9 Å². The van der Waals surface area contributed by atoms with Gasteiger partial charge in [-0.15, -0.1) is 0 Å². The minimum absolute atomic E-state index is 0.0888. The number of hydrogen-bond acceptors (Lipinski definition) is 6. The van der Waals surface area contributed by atoms with Crippen LogP contribution in [0.15, 0.2) is 97.2 Å². The van der Waals surface area contributed by atoms with E-state index < -0.39 is 6.10 Å². The average molecular weight is 931 g/mol. The first kappa shape index (κ1) is 63.3. The number of allylic oxidation sites excluding steroid dienone is 16. The van der Waals surface area contributed by atoms with Crippen molar-refractivity contribution in [1.82, 2.24) is 0 Å². The van der Waals surface area contributed by atoms with Crippen LogP contribution < -0.4 is 0 Å². The maximum absolute atomic E-state index is 12.8. The van der Waals surface area contributed by atoms with E-state index >= 15 is 0 Å². The van der Waals surface area contributed by atoms with Gasteiger partial charge in [0, 0.05) is 19.3 Å². The van der Waals surface area contributed by atoms with Crippen molar-refractivity contribution in [3.8, 4) is 0 Å². The van der Waals surface area contributed by atoms with Gasteiger partial charge in [-0.2, -0.15) is 0 Å². The molecule has 0 rings (SSSR count). The van der Waals surface area contributed by atoms with E-state index in [0.29, 0.717) is 19.3 Å². The molecule has 0 N–H and O–H groups in total. The highest BCUT2D eigenvalue weighted by Crippen LogP contribution is 2.14. The lowest BCUT2D eigenvalue weighted by Gasteiger charge is -2.18. The molecule has 6 heteroatoms. The van der Waals surface area contributed by atoms with Crippen molar-refractivity contribution in [3.63, 3.8) is 0 Å². The third-order valence-electron chi connectivity index (χ3n) is 11.6. The topological polar surface area (TPSA) is 78.9 Å². The van der Waals surface area contributed by atoms with Crippen molar-refractivity contribution >= 4 is 17.9 Å². The van der Waals surface area contributed by atoms with E-state index in [4.69, 9.17) is 14.2 Å². The Kier molecular flexibility index (Phi) is 51.9. The highest BCUT2D eigenvalue weighted by molar-refractivity contribution is 5.71. The molecule has 0 aliphatic rings. The van der Waals surface area contributed by atoms with Gasteiger partial charge in [0.15, 0.2) is 6.10 Å². The molecule has 0 aliphatic heterocycles. The Bertz CT molecular complexity index is 1350. The van der Waals surface area contributed by atoms with E-state index in [9.17, 15) is 14.4 Å². The van der Waals surface area contributed by atoms with Gasteiger partial charge in [0.25, 0.3) is 0 Å². The largest absolute Gasteiger partial charge is 0.462 e. The summed E-state index contributed by atoms with van der Waals surface area (Å²) in [4.78, 5) is 38.0. The van der Waals surface area contributed by atoms with Crippen LogP contribution in [0.2, 0.25) is 0 Å². The maximum Gasteiger partial charge on any atom is 0.306 e. The molecule has 0 fully saturated rings. The zero-order valence-electron chi connectivity index (χ0n) is 43.6. The van der Waals surface area contributed by atoms with Crippen LogP contribution in [0.3, 0.4) is 0 Å². The molecule has 0 aromatic heterocycles. The summed E-state index contributed by atoms with van der Waals surface area (Å²) < 4.78 is 16.8. The van der Waals surface area contributed by atoms with Gasteiger partial charge in [-0.05, 0) is 103 Å². The molecule has 1 unspecified atom stereocenters. The summed E-state index contributed by atoms with van der Waals surface area (Å²) in [7, 11) is 0. The standard InChI is InChI=1S/C61H102O6/c1-4-7-10-13-16-19-21-23-25-27-29-30-31-32-33-35-36-38-40-42-45-48-51-54-60(63)66-57-58(56-65-59(62)53-50-47-44-18-15-12-9-6-3)67-61(64)55-52-49-46-43-41-39-37-34-28-26-24-22-20-17-14-11-8-5-2/h7,10,16,19-20,22-23,25-26,28-30,32-33,36,38,58H,4-6,8-9,11-15,17-18,21,24,27,31,34-35,37,39-57H2,1-3H3/b10-7-,19-16-,22-20-,25-23-,28-26-,30-29-,33-32-,38-36-. The third-order valence-corrected chi connectivity index (χ3v) is 11.6. The van der Waals surface area contributed by atoms with Gasteiger partial charge in [0.05, 0.1) is 0 Å². The number of hydrogen-bond donors (Lipinski definition) is 0. The Hall–Kier alpha value is -3.67. The molecule has 0 amide bonds. The van der Waals surface area contributed by atoms with E-state index in [-0.39, 0.29) is 31.1 Å². The Labute approximate surface area is 413 Å². The first-order chi connectivity index (χ1) is 33.0. The molecule has 382 valence electrons. The molecule has 67 heavy (non-hydrogen) atoms. The lowest BCUT2D eigenvalue weighted by atomic mass is 10.1. The monoisotopic (exact) mass is 931 g/mol. The van der Waals surface area contributed by atoms with Crippen LogP contribution in [0, 0.1) is 0 Å².